The first kappa shape index (κ1) is 15.6. The van der Waals surface area contributed by atoms with E-state index in [1.807, 2.05) is 22.9 Å². The Bertz CT molecular complexity index is 956. The number of halogens is 1. The second kappa shape index (κ2) is 6.18. The van der Waals surface area contributed by atoms with E-state index in [2.05, 4.69) is 4.99 Å². The summed E-state index contributed by atoms with van der Waals surface area (Å²) in [6.45, 7) is 0.544. The van der Waals surface area contributed by atoms with Crippen molar-refractivity contribution in [2.75, 3.05) is 0 Å². The number of carbonyl (C=O) groups excluding carboxylic acids is 1. The lowest BCUT2D eigenvalue weighted by Gasteiger charge is -2.22. The molecule has 1 aromatic heterocycles. The Morgan fingerprint density at radius 1 is 1.24 bits per heavy atom. The Morgan fingerprint density at radius 3 is 2.84 bits per heavy atom. The van der Waals surface area contributed by atoms with E-state index in [4.69, 9.17) is 5.41 Å². The van der Waals surface area contributed by atoms with Crippen molar-refractivity contribution in [1.82, 2.24) is 9.47 Å². The first-order chi connectivity index (χ1) is 12.1. The van der Waals surface area contributed by atoms with Gasteiger partial charge in [-0.1, -0.05) is 23.9 Å². The number of fused-ring (bicyclic) bond motifs is 1. The number of amidine groups is 2. The first-order valence-electron chi connectivity index (χ1n) is 7.57. The highest BCUT2D eigenvalue weighted by molar-refractivity contribution is 8.16. The van der Waals surface area contributed by atoms with Gasteiger partial charge in [-0.05, 0) is 41.3 Å². The molecule has 0 saturated carbocycles. The number of nitrogens with one attached hydrogen (secondary N) is 1. The minimum atomic E-state index is -0.415. The van der Waals surface area contributed by atoms with Crippen molar-refractivity contribution in [2.45, 2.75) is 6.54 Å². The van der Waals surface area contributed by atoms with Crippen LogP contribution in [-0.2, 0) is 11.3 Å². The lowest BCUT2D eigenvalue weighted by atomic mass is 10.1. The van der Waals surface area contributed by atoms with Crippen LogP contribution in [0.5, 0.6) is 0 Å². The van der Waals surface area contributed by atoms with Crippen molar-refractivity contribution in [3.8, 4) is 0 Å². The topological polar surface area (TPSA) is 61.5 Å². The van der Waals surface area contributed by atoms with Crippen LogP contribution in [0.3, 0.4) is 0 Å². The number of hydrogen-bond donors (Lipinski definition) is 1. The fourth-order valence-electron chi connectivity index (χ4n) is 2.67. The summed E-state index contributed by atoms with van der Waals surface area (Å²) in [6, 6.07) is 10.0. The normalized spacial score (nSPS) is 18.0. The van der Waals surface area contributed by atoms with Gasteiger partial charge in [-0.2, -0.15) is 4.99 Å². The third-order valence-electron chi connectivity index (χ3n) is 3.94. The van der Waals surface area contributed by atoms with E-state index in [1.54, 1.807) is 34.7 Å². The molecule has 5 nitrogen and oxygen atoms in total. The molecule has 2 aliphatic heterocycles. The van der Waals surface area contributed by atoms with Crippen LogP contribution in [-0.4, -0.2) is 26.4 Å². The molecule has 2 aliphatic rings. The molecule has 25 heavy (non-hydrogen) atoms. The predicted molar refractivity (Wildman–Crippen MR) is 96.6 cm³/mol. The van der Waals surface area contributed by atoms with Gasteiger partial charge in [0.25, 0.3) is 5.91 Å². The molecular formula is C18H13FN4OS. The molecule has 1 amide bonds. The van der Waals surface area contributed by atoms with Crippen molar-refractivity contribution in [1.29, 1.82) is 5.41 Å². The minimum absolute atomic E-state index is 0.116. The summed E-state index contributed by atoms with van der Waals surface area (Å²) in [6.07, 6.45) is 5.28. The number of aliphatic imine (C=N–C) groups is 1. The summed E-state index contributed by atoms with van der Waals surface area (Å²) in [4.78, 5) is 17.9. The third kappa shape index (κ3) is 2.94. The van der Waals surface area contributed by atoms with Gasteiger partial charge in [0.15, 0.2) is 5.17 Å². The Labute approximate surface area is 147 Å². The van der Waals surface area contributed by atoms with Gasteiger partial charge in [-0.25, -0.2) is 4.39 Å². The zero-order valence-electron chi connectivity index (χ0n) is 13.0. The number of thioether (sulfide) groups is 1. The highest BCUT2D eigenvalue weighted by Gasteiger charge is 2.31. The van der Waals surface area contributed by atoms with Crippen LogP contribution in [0.15, 0.2) is 64.8 Å². The fraction of sp³-hybridized carbons (Fsp3) is 0.0556. The van der Waals surface area contributed by atoms with Crippen molar-refractivity contribution in [2.24, 2.45) is 4.99 Å². The lowest BCUT2D eigenvalue weighted by Crippen LogP contribution is -2.35. The predicted octanol–water partition coefficient (Wildman–Crippen LogP) is 3.45. The summed E-state index contributed by atoms with van der Waals surface area (Å²) in [5, 5.41) is 10.6. The van der Waals surface area contributed by atoms with Crippen molar-refractivity contribution in [3.05, 3.63) is 76.9 Å². The smallest absolute Gasteiger partial charge is 0.283 e. The highest BCUT2D eigenvalue weighted by atomic mass is 32.2. The third-order valence-corrected chi connectivity index (χ3v) is 4.69. The molecule has 0 atom stereocenters. The monoisotopic (exact) mass is 352 g/mol. The molecular weight excluding hydrogens is 339 g/mol. The van der Waals surface area contributed by atoms with E-state index in [1.165, 1.54) is 23.9 Å². The minimum Gasteiger partial charge on any atom is -0.344 e. The maximum atomic E-state index is 13.0. The van der Waals surface area contributed by atoms with Gasteiger partial charge in [-0.3, -0.25) is 15.1 Å². The SMILES string of the molecule is N=C1/C(=C/c2cccn2Cc2ccc(F)cc2)C(=O)N=C2SC=CN12. The second-order valence-corrected chi connectivity index (χ2v) is 6.44. The number of nitrogens with zero attached hydrogens (tertiary/aromatic N) is 3. The Kier molecular flexibility index (Phi) is 3.85. The Morgan fingerprint density at radius 2 is 2.04 bits per heavy atom. The molecule has 0 aliphatic carbocycles. The molecule has 3 heterocycles. The largest absolute Gasteiger partial charge is 0.344 e. The molecule has 4 rings (SSSR count). The summed E-state index contributed by atoms with van der Waals surface area (Å²) in [7, 11) is 0. The number of hydrogen-bond acceptors (Lipinski definition) is 3. The van der Waals surface area contributed by atoms with E-state index < -0.39 is 5.91 Å². The number of benzene rings is 1. The van der Waals surface area contributed by atoms with E-state index in [9.17, 15) is 9.18 Å². The maximum Gasteiger partial charge on any atom is 0.283 e. The fourth-order valence-corrected chi connectivity index (χ4v) is 3.37. The molecule has 0 bridgehead atoms. The van der Waals surface area contributed by atoms with Crippen LogP contribution in [0.2, 0.25) is 0 Å². The molecule has 0 radical (unpaired) electrons. The second-order valence-electron chi connectivity index (χ2n) is 5.57. The van der Waals surface area contributed by atoms with Gasteiger partial charge in [0, 0.05) is 24.6 Å². The van der Waals surface area contributed by atoms with Gasteiger partial charge in [0.2, 0.25) is 0 Å². The zero-order chi connectivity index (χ0) is 17.4. The molecule has 0 fully saturated rings. The van der Waals surface area contributed by atoms with Crippen LogP contribution in [0, 0.1) is 11.2 Å². The number of aromatic nitrogens is 1. The molecule has 0 unspecified atom stereocenters. The van der Waals surface area contributed by atoms with Crippen molar-refractivity contribution in [3.63, 3.8) is 0 Å². The van der Waals surface area contributed by atoms with Crippen LogP contribution in [0.1, 0.15) is 11.3 Å². The van der Waals surface area contributed by atoms with E-state index in [0.29, 0.717) is 11.7 Å². The molecule has 0 spiro atoms. The summed E-state index contributed by atoms with van der Waals surface area (Å²) in [5.74, 6) is -0.571. The maximum absolute atomic E-state index is 13.0. The molecule has 1 N–H and O–H groups in total. The molecule has 0 saturated heterocycles. The van der Waals surface area contributed by atoms with Crippen LogP contribution < -0.4 is 0 Å². The summed E-state index contributed by atoms with van der Waals surface area (Å²) < 4.78 is 15.0. The van der Waals surface area contributed by atoms with Crippen LogP contribution >= 0.6 is 11.8 Å². The molecule has 2 aromatic rings. The molecule has 124 valence electrons. The van der Waals surface area contributed by atoms with Gasteiger partial charge in [0.1, 0.15) is 11.7 Å². The quantitative estimate of drug-likeness (QED) is 0.861. The zero-order valence-corrected chi connectivity index (χ0v) is 13.8. The average Bonchev–Trinajstić information content (AvgIpc) is 3.23. The van der Waals surface area contributed by atoms with Gasteiger partial charge >= 0.3 is 0 Å². The summed E-state index contributed by atoms with van der Waals surface area (Å²) >= 11 is 1.32. The summed E-state index contributed by atoms with van der Waals surface area (Å²) in [5.41, 5.74) is 1.98. The van der Waals surface area contributed by atoms with Gasteiger partial charge < -0.3 is 4.57 Å². The van der Waals surface area contributed by atoms with Gasteiger partial charge in [-0.15, -0.1) is 0 Å². The number of amides is 1. The molecule has 7 heteroatoms. The molecule has 1 aromatic carbocycles. The standard InChI is InChI=1S/C18H13FN4OS/c19-13-5-3-12(4-6-13)11-22-7-1-2-14(22)10-15-16(20)23-8-9-25-18(23)21-17(15)24/h1-10,20H,11H2/b15-10-,20-16?. The average molecular weight is 352 g/mol. The lowest BCUT2D eigenvalue weighted by molar-refractivity contribution is -0.114. The highest BCUT2D eigenvalue weighted by Crippen LogP contribution is 2.27. The Balaban J connectivity index is 1.65. The van der Waals surface area contributed by atoms with Crippen molar-refractivity contribution >= 4 is 34.7 Å². The Hall–Kier alpha value is -2.93. The van der Waals surface area contributed by atoms with E-state index in [0.717, 1.165) is 11.3 Å². The van der Waals surface area contributed by atoms with Gasteiger partial charge in [0.05, 0.1) is 5.57 Å². The van der Waals surface area contributed by atoms with E-state index in [-0.39, 0.29) is 17.2 Å². The first-order valence-corrected chi connectivity index (χ1v) is 8.45. The number of rotatable bonds is 3. The van der Waals surface area contributed by atoms with Crippen LogP contribution in [0.25, 0.3) is 6.08 Å². The van der Waals surface area contributed by atoms with Crippen LogP contribution in [0.4, 0.5) is 4.39 Å². The number of carbonyl (C=O) groups is 1. The van der Waals surface area contributed by atoms with E-state index >= 15 is 0 Å². The van der Waals surface area contributed by atoms with Crippen molar-refractivity contribution < 1.29 is 9.18 Å².